The number of nitrogens with zero attached hydrogens (tertiary/aromatic N) is 2. The number of hydrogen-bond acceptors (Lipinski definition) is 4. The van der Waals surface area contributed by atoms with Gasteiger partial charge in [-0.2, -0.15) is 5.10 Å². The molecule has 1 aromatic rings. The Hall–Kier alpha value is -1.62. The number of nitrogens with one attached hydrogen (secondary N) is 1. The van der Waals surface area contributed by atoms with Crippen LogP contribution in [0.2, 0.25) is 0 Å². The van der Waals surface area contributed by atoms with Crippen LogP contribution in [0.3, 0.4) is 0 Å². The minimum Gasteiger partial charge on any atom is -0.463 e. The van der Waals surface area contributed by atoms with Gasteiger partial charge >= 0.3 is 0 Å². The van der Waals surface area contributed by atoms with Gasteiger partial charge in [0.2, 0.25) is 0 Å². The van der Waals surface area contributed by atoms with Crippen LogP contribution in [0.4, 0.5) is 0 Å². The van der Waals surface area contributed by atoms with E-state index >= 15 is 0 Å². The van der Waals surface area contributed by atoms with E-state index in [9.17, 15) is 4.79 Å². The van der Waals surface area contributed by atoms with Crippen molar-refractivity contribution in [3.05, 3.63) is 24.2 Å². The van der Waals surface area contributed by atoms with Gasteiger partial charge in [-0.3, -0.25) is 9.69 Å². The van der Waals surface area contributed by atoms with Crippen LogP contribution in [-0.2, 0) is 4.79 Å². The zero-order valence-electron chi connectivity index (χ0n) is 9.76. The number of piperidine rings is 1. The Balaban J connectivity index is 1.70. The monoisotopic (exact) mass is 235 g/mol. The normalized spacial score (nSPS) is 17.4. The van der Waals surface area contributed by atoms with E-state index in [4.69, 9.17) is 4.42 Å². The molecule has 0 unspecified atom stereocenters. The summed E-state index contributed by atoms with van der Waals surface area (Å²) in [5, 5.41) is 3.83. The quantitative estimate of drug-likeness (QED) is 0.630. The minimum atomic E-state index is -0.0743. The van der Waals surface area contributed by atoms with Gasteiger partial charge in [0, 0.05) is 0 Å². The summed E-state index contributed by atoms with van der Waals surface area (Å²) < 4.78 is 5.05. The number of furan rings is 1. The number of likely N-dealkylation sites (tertiary alicyclic amines) is 1. The lowest BCUT2D eigenvalue weighted by Gasteiger charge is -2.25. The Morgan fingerprint density at radius 2 is 2.29 bits per heavy atom. The van der Waals surface area contributed by atoms with Crippen LogP contribution in [0.15, 0.2) is 27.9 Å². The highest BCUT2D eigenvalue weighted by Crippen LogP contribution is 2.07. The van der Waals surface area contributed by atoms with Crippen molar-refractivity contribution >= 4 is 12.1 Å². The van der Waals surface area contributed by atoms with Gasteiger partial charge in [-0.1, -0.05) is 6.42 Å². The predicted octanol–water partition coefficient (Wildman–Crippen LogP) is 1.22. The Morgan fingerprint density at radius 1 is 1.47 bits per heavy atom. The predicted molar refractivity (Wildman–Crippen MR) is 64.7 cm³/mol. The van der Waals surface area contributed by atoms with E-state index in [1.54, 1.807) is 18.4 Å². The van der Waals surface area contributed by atoms with Gasteiger partial charge in [0.25, 0.3) is 5.91 Å². The maximum atomic E-state index is 11.5. The Morgan fingerprint density at radius 3 is 3.00 bits per heavy atom. The average molecular weight is 235 g/mol. The zero-order valence-corrected chi connectivity index (χ0v) is 9.76. The second-order valence-corrected chi connectivity index (χ2v) is 4.15. The number of carbonyl (C=O) groups excluding carboxylic acids is 1. The van der Waals surface area contributed by atoms with Crippen molar-refractivity contribution in [3.8, 4) is 0 Å². The van der Waals surface area contributed by atoms with Crippen LogP contribution in [0.1, 0.15) is 25.0 Å². The Labute approximate surface area is 100 Å². The summed E-state index contributed by atoms with van der Waals surface area (Å²) in [5.41, 5.74) is 2.50. The summed E-state index contributed by atoms with van der Waals surface area (Å²) in [5.74, 6) is 0.554. The minimum absolute atomic E-state index is 0.0743. The van der Waals surface area contributed by atoms with Crippen molar-refractivity contribution in [1.82, 2.24) is 10.3 Å². The number of carbonyl (C=O) groups is 1. The van der Waals surface area contributed by atoms with Crippen molar-refractivity contribution in [1.29, 1.82) is 0 Å². The lowest BCUT2D eigenvalue weighted by atomic mass is 10.1. The first-order valence-corrected chi connectivity index (χ1v) is 5.92. The smallest absolute Gasteiger partial charge is 0.254 e. The first-order valence-electron chi connectivity index (χ1n) is 5.92. The molecule has 0 radical (unpaired) electrons. The van der Waals surface area contributed by atoms with Crippen LogP contribution in [-0.4, -0.2) is 36.7 Å². The molecule has 1 aromatic heterocycles. The molecule has 5 heteroatoms. The van der Waals surface area contributed by atoms with E-state index in [0.717, 1.165) is 13.1 Å². The van der Waals surface area contributed by atoms with Gasteiger partial charge in [0.15, 0.2) is 0 Å². The summed E-state index contributed by atoms with van der Waals surface area (Å²) >= 11 is 0. The number of hydrazone groups is 1. The molecule has 1 fully saturated rings. The molecule has 1 N–H and O–H groups in total. The third-order valence-electron chi connectivity index (χ3n) is 2.74. The fourth-order valence-electron chi connectivity index (χ4n) is 1.89. The fourth-order valence-corrected chi connectivity index (χ4v) is 1.89. The molecule has 5 nitrogen and oxygen atoms in total. The molecule has 0 saturated carbocycles. The lowest BCUT2D eigenvalue weighted by molar-refractivity contribution is -0.122. The highest BCUT2D eigenvalue weighted by atomic mass is 16.3. The number of hydrogen-bond donors (Lipinski definition) is 1. The molecule has 1 saturated heterocycles. The topological polar surface area (TPSA) is 57.8 Å². The SMILES string of the molecule is O=C(CN1CCCCC1)N/N=C\c1ccco1. The van der Waals surface area contributed by atoms with Crippen LogP contribution in [0, 0.1) is 0 Å². The van der Waals surface area contributed by atoms with Gasteiger partial charge in [0.1, 0.15) is 5.76 Å². The van der Waals surface area contributed by atoms with Crippen molar-refractivity contribution in [2.24, 2.45) is 5.10 Å². The van der Waals surface area contributed by atoms with Crippen molar-refractivity contribution in [2.75, 3.05) is 19.6 Å². The first-order chi connectivity index (χ1) is 8.34. The molecule has 2 rings (SSSR count). The molecule has 0 atom stereocenters. The number of amides is 1. The molecule has 2 heterocycles. The standard InChI is InChI=1S/C12H17N3O2/c16-12(10-15-6-2-1-3-7-15)14-13-9-11-5-4-8-17-11/h4-5,8-9H,1-3,6-7,10H2,(H,14,16)/b13-9-. The molecule has 1 aliphatic heterocycles. The fraction of sp³-hybridized carbons (Fsp3) is 0.500. The highest BCUT2D eigenvalue weighted by molar-refractivity contribution is 5.81. The van der Waals surface area contributed by atoms with Gasteiger partial charge in [-0.05, 0) is 38.1 Å². The molecular weight excluding hydrogens is 218 g/mol. The lowest BCUT2D eigenvalue weighted by Crippen LogP contribution is -2.38. The Kier molecular flexibility index (Phi) is 4.32. The molecule has 0 bridgehead atoms. The van der Waals surface area contributed by atoms with Crippen molar-refractivity contribution in [2.45, 2.75) is 19.3 Å². The van der Waals surface area contributed by atoms with E-state index in [1.165, 1.54) is 25.5 Å². The van der Waals surface area contributed by atoms with Crippen LogP contribution in [0.25, 0.3) is 0 Å². The third kappa shape index (κ3) is 4.03. The molecule has 0 aliphatic carbocycles. The summed E-state index contributed by atoms with van der Waals surface area (Å²) in [6.45, 7) is 2.44. The summed E-state index contributed by atoms with van der Waals surface area (Å²) in [6, 6.07) is 3.55. The van der Waals surface area contributed by atoms with Gasteiger partial charge in [-0.15, -0.1) is 0 Å². The molecule has 1 aliphatic rings. The van der Waals surface area contributed by atoms with Crippen molar-refractivity contribution in [3.63, 3.8) is 0 Å². The van der Waals surface area contributed by atoms with E-state index in [-0.39, 0.29) is 5.91 Å². The second-order valence-electron chi connectivity index (χ2n) is 4.15. The molecule has 0 aromatic carbocycles. The molecular formula is C12H17N3O2. The molecule has 92 valence electrons. The Bertz CT molecular complexity index is 367. The summed E-state index contributed by atoms with van der Waals surface area (Å²) in [6.07, 6.45) is 6.70. The molecule has 1 amide bonds. The number of rotatable bonds is 4. The molecule has 17 heavy (non-hydrogen) atoms. The zero-order chi connectivity index (χ0) is 11.9. The third-order valence-corrected chi connectivity index (χ3v) is 2.74. The van der Waals surface area contributed by atoms with E-state index < -0.39 is 0 Å². The largest absolute Gasteiger partial charge is 0.463 e. The van der Waals surface area contributed by atoms with Gasteiger partial charge in [-0.25, -0.2) is 5.43 Å². The maximum Gasteiger partial charge on any atom is 0.254 e. The van der Waals surface area contributed by atoms with Crippen LogP contribution in [0.5, 0.6) is 0 Å². The van der Waals surface area contributed by atoms with Gasteiger partial charge in [0.05, 0.1) is 19.0 Å². The van der Waals surface area contributed by atoms with Gasteiger partial charge < -0.3 is 4.42 Å². The highest BCUT2D eigenvalue weighted by Gasteiger charge is 2.12. The van der Waals surface area contributed by atoms with Crippen LogP contribution >= 0.6 is 0 Å². The van der Waals surface area contributed by atoms with Crippen molar-refractivity contribution < 1.29 is 9.21 Å². The average Bonchev–Trinajstić information content (AvgIpc) is 2.83. The second kappa shape index (κ2) is 6.20. The molecule has 0 spiro atoms. The first kappa shape index (κ1) is 11.9. The van der Waals surface area contributed by atoms with E-state index in [1.807, 2.05) is 0 Å². The summed E-state index contributed by atoms with van der Waals surface area (Å²) in [4.78, 5) is 13.7. The van der Waals surface area contributed by atoms with E-state index in [2.05, 4.69) is 15.4 Å². The summed E-state index contributed by atoms with van der Waals surface area (Å²) in [7, 11) is 0. The van der Waals surface area contributed by atoms with E-state index in [0.29, 0.717) is 12.3 Å². The van der Waals surface area contributed by atoms with Crippen LogP contribution < -0.4 is 5.43 Å². The maximum absolute atomic E-state index is 11.5.